The highest BCUT2D eigenvalue weighted by molar-refractivity contribution is 7.07. The average Bonchev–Trinajstić information content (AvgIpc) is 2.98. The van der Waals surface area contributed by atoms with Crippen molar-refractivity contribution in [3.63, 3.8) is 0 Å². The molecular weight excluding hydrogens is 244 g/mol. The Kier molecular flexibility index (Phi) is 3.04. The Balaban J connectivity index is 1.68. The molecule has 2 aliphatic rings. The highest BCUT2D eigenvalue weighted by Gasteiger charge is 2.60. The van der Waals surface area contributed by atoms with Gasteiger partial charge in [-0.2, -0.15) is 11.3 Å². The first kappa shape index (κ1) is 12.6. The predicted molar refractivity (Wildman–Crippen MR) is 73.8 cm³/mol. The Labute approximate surface area is 113 Å². The Morgan fingerprint density at radius 3 is 2.94 bits per heavy atom. The van der Waals surface area contributed by atoms with Crippen LogP contribution in [0.5, 0.6) is 0 Å². The van der Waals surface area contributed by atoms with Crippen LogP contribution in [0.3, 0.4) is 0 Å². The van der Waals surface area contributed by atoms with Crippen LogP contribution in [0, 0.1) is 5.92 Å². The Bertz CT molecular complexity index is 414. The van der Waals surface area contributed by atoms with E-state index in [0.717, 1.165) is 19.4 Å². The van der Waals surface area contributed by atoms with Crippen molar-refractivity contribution in [1.29, 1.82) is 0 Å². The molecular formula is C15H22O2S. The lowest BCUT2D eigenvalue weighted by Crippen LogP contribution is -2.38. The van der Waals surface area contributed by atoms with Crippen molar-refractivity contribution in [2.24, 2.45) is 5.92 Å². The number of hydrogen-bond acceptors (Lipinski definition) is 3. The lowest BCUT2D eigenvalue weighted by atomic mass is 9.75. The van der Waals surface area contributed by atoms with Gasteiger partial charge in [-0.1, -0.05) is 13.8 Å². The van der Waals surface area contributed by atoms with Crippen LogP contribution >= 0.6 is 11.3 Å². The van der Waals surface area contributed by atoms with Crippen LogP contribution in [0.25, 0.3) is 0 Å². The van der Waals surface area contributed by atoms with Gasteiger partial charge in [0.2, 0.25) is 0 Å². The van der Waals surface area contributed by atoms with Gasteiger partial charge in [0.25, 0.3) is 0 Å². The molecule has 2 fully saturated rings. The van der Waals surface area contributed by atoms with Gasteiger partial charge >= 0.3 is 0 Å². The monoisotopic (exact) mass is 266 g/mol. The maximum absolute atomic E-state index is 6.37. The van der Waals surface area contributed by atoms with Gasteiger partial charge in [-0.25, -0.2) is 0 Å². The van der Waals surface area contributed by atoms with Gasteiger partial charge in [-0.05, 0) is 48.1 Å². The molecule has 0 aromatic carbocycles. The molecule has 2 saturated heterocycles. The minimum Gasteiger partial charge on any atom is -0.370 e. The fraction of sp³-hybridized carbons (Fsp3) is 0.733. The number of rotatable bonds is 4. The molecule has 0 N–H and O–H groups in total. The van der Waals surface area contributed by atoms with Crippen LogP contribution in [0.1, 0.15) is 45.6 Å². The molecule has 0 amide bonds. The van der Waals surface area contributed by atoms with Crippen molar-refractivity contribution >= 4 is 11.3 Å². The van der Waals surface area contributed by atoms with Gasteiger partial charge in [0.15, 0.2) is 0 Å². The number of fused-ring (bicyclic) bond motifs is 2. The standard InChI is InChI=1S/C15H22O2S/c1-11(2)15-6-5-14(3,17-15)13(8-15)16-9-12-4-7-18-10-12/h4,7,10-11,13H,5-6,8-9H2,1-3H3/t13-,14?,15?/m1/s1. The Morgan fingerprint density at radius 1 is 1.50 bits per heavy atom. The van der Waals surface area contributed by atoms with Crippen molar-refractivity contribution < 1.29 is 9.47 Å². The van der Waals surface area contributed by atoms with Gasteiger partial charge in [0.05, 0.1) is 23.9 Å². The smallest absolute Gasteiger partial charge is 0.0924 e. The number of ether oxygens (including phenoxy) is 2. The molecule has 3 heterocycles. The summed E-state index contributed by atoms with van der Waals surface area (Å²) in [5.74, 6) is 0.578. The molecule has 0 aliphatic carbocycles. The van der Waals surface area contributed by atoms with E-state index in [1.807, 2.05) is 0 Å². The molecule has 0 saturated carbocycles. The molecule has 1 aromatic heterocycles. The average molecular weight is 266 g/mol. The van der Waals surface area contributed by atoms with Gasteiger partial charge in [0.1, 0.15) is 0 Å². The summed E-state index contributed by atoms with van der Waals surface area (Å²) in [4.78, 5) is 0. The molecule has 100 valence electrons. The molecule has 2 bridgehead atoms. The molecule has 1 aromatic rings. The van der Waals surface area contributed by atoms with E-state index in [2.05, 4.69) is 37.6 Å². The topological polar surface area (TPSA) is 18.5 Å². The Morgan fingerprint density at radius 2 is 2.33 bits per heavy atom. The van der Waals surface area contributed by atoms with Crippen molar-refractivity contribution in [3.05, 3.63) is 22.4 Å². The van der Waals surface area contributed by atoms with Gasteiger partial charge in [0, 0.05) is 6.42 Å². The van der Waals surface area contributed by atoms with Gasteiger partial charge in [-0.15, -0.1) is 0 Å². The summed E-state index contributed by atoms with van der Waals surface area (Å²) in [6.07, 6.45) is 3.65. The second kappa shape index (κ2) is 4.32. The predicted octanol–water partition coefficient (Wildman–Crippen LogP) is 4.00. The van der Waals surface area contributed by atoms with Crippen molar-refractivity contribution in [2.45, 2.75) is 63.9 Å². The van der Waals surface area contributed by atoms with Crippen molar-refractivity contribution in [3.8, 4) is 0 Å². The van der Waals surface area contributed by atoms with E-state index >= 15 is 0 Å². The van der Waals surface area contributed by atoms with E-state index in [-0.39, 0.29) is 17.3 Å². The van der Waals surface area contributed by atoms with Crippen LogP contribution in [-0.4, -0.2) is 17.3 Å². The summed E-state index contributed by atoms with van der Waals surface area (Å²) in [6, 6.07) is 2.14. The third-order valence-corrected chi connectivity index (χ3v) is 5.51. The van der Waals surface area contributed by atoms with E-state index in [0.29, 0.717) is 5.92 Å². The zero-order valence-electron chi connectivity index (χ0n) is 11.4. The van der Waals surface area contributed by atoms with Crippen molar-refractivity contribution in [1.82, 2.24) is 0 Å². The van der Waals surface area contributed by atoms with Crippen LogP contribution in [0.2, 0.25) is 0 Å². The first-order valence-corrected chi connectivity index (χ1v) is 7.81. The summed E-state index contributed by atoms with van der Waals surface area (Å²) < 4.78 is 12.5. The number of thiophene rings is 1. The van der Waals surface area contributed by atoms with E-state index in [1.165, 1.54) is 12.0 Å². The van der Waals surface area contributed by atoms with E-state index in [9.17, 15) is 0 Å². The summed E-state index contributed by atoms with van der Waals surface area (Å²) in [5, 5.41) is 4.27. The molecule has 0 spiro atoms. The van der Waals surface area contributed by atoms with Crippen LogP contribution in [0.15, 0.2) is 16.8 Å². The number of hydrogen-bond donors (Lipinski definition) is 0. The molecule has 3 atom stereocenters. The molecule has 2 nitrogen and oxygen atoms in total. The minimum atomic E-state index is -0.0553. The van der Waals surface area contributed by atoms with E-state index in [1.54, 1.807) is 11.3 Å². The lowest BCUT2D eigenvalue weighted by molar-refractivity contribution is -0.0959. The molecule has 0 radical (unpaired) electrons. The largest absolute Gasteiger partial charge is 0.370 e. The SMILES string of the molecule is CC(C)C12CCC(C)(O1)[C@H](OCc1ccsc1)C2. The van der Waals surface area contributed by atoms with Crippen LogP contribution in [-0.2, 0) is 16.1 Å². The summed E-state index contributed by atoms with van der Waals surface area (Å²) in [7, 11) is 0. The molecule has 2 aliphatic heterocycles. The fourth-order valence-corrected chi connectivity index (χ4v) is 4.03. The highest BCUT2D eigenvalue weighted by atomic mass is 32.1. The van der Waals surface area contributed by atoms with E-state index < -0.39 is 0 Å². The van der Waals surface area contributed by atoms with Crippen LogP contribution in [0.4, 0.5) is 0 Å². The maximum atomic E-state index is 6.37. The second-order valence-electron chi connectivity index (χ2n) is 6.27. The highest BCUT2D eigenvalue weighted by Crippen LogP contribution is 2.55. The van der Waals surface area contributed by atoms with Crippen molar-refractivity contribution in [2.75, 3.05) is 0 Å². The third-order valence-electron chi connectivity index (χ3n) is 4.78. The normalized spacial score (nSPS) is 38.8. The molecule has 3 rings (SSSR count). The molecule has 2 unspecified atom stereocenters. The van der Waals surface area contributed by atoms with Crippen LogP contribution < -0.4 is 0 Å². The zero-order chi connectivity index (χ0) is 12.8. The van der Waals surface area contributed by atoms with Gasteiger partial charge in [-0.3, -0.25) is 0 Å². The third kappa shape index (κ3) is 1.93. The second-order valence-corrected chi connectivity index (χ2v) is 7.05. The van der Waals surface area contributed by atoms with E-state index in [4.69, 9.17) is 9.47 Å². The lowest BCUT2D eigenvalue weighted by Gasteiger charge is -2.31. The summed E-state index contributed by atoms with van der Waals surface area (Å²) in [6.45, 7) is 7.49. The quantitative estimate of drug-likeness (QED) is 0.820. The summed E-state index contributed by atoms with van der Waals surface area (Å²) in [5.41, 5.74) is 1.30. The Hall–Kier alpha value is -0.380. The first-order valence-electron chi connectivity index (χ1n) is 6.87. The zero-order valence-corrected chi connectivity index (χ0v) is 12.3. The fourth-order valence-electron chi connectivity index (χ4n) is 3.38. The summed E-state index contributed by atoms with van der Waals surface area (Å²) >= 11 is 1.73. The minimum absolute atomic E-state index is 0.0553. The van der Waals surface area contributed by atoms with Gasteiger partial charge < -0.3 is 9.47 Å². The molecule has 3 heteroatoms. The molecule has 18 heavy (non-hydrogen) atoms. The maximum Gasteiger partial charge on any atom is 0.0924 e. The first-order chi connectivity index (χ1) is 8.54.